The van der Waals surface area contributed by atoms with Crippen LogP contribution in [0.1, 0.15) is 43.1 Å². The lowest BCUT2D eigenvalue weighted by atomic mass is 9.86. The average molecular weight is 293 g/mol. The smallest absolute Gasteiger partial charge is 0.272 e. The fourth-order valence-electron chi connectivity index (χ4n) is 2.17. The second-order valence-corrected chi connectivity index (χ2v) is 6.21. The van der Waals surface area contributed by atoms with Gasteiger partial charge in [-0.25, -0.2) is 0 Å². The van der Waals surface area contributed by atoms with Crippen LogP contribution in [0.5, 0.6) is 0 Å². The summed E-state index contributed by atoms with van der Waals surface area (Å²) in [7, 11) is 0. The number of aromatic nitrogens is 1. The highest BCUT2D eigenvalue weighted by Crippen LogP contribution is 2.30. The van der Waals surface area contributed by atoms with Crippen molar-refractivity contribution in [3.05, 3.63) is 15.1 Å². The number of hydrogen-bond acceptors (Lipinski definition) is 3. The summed E-state index contributed by atoms with van der Waals surface area (Å²) in [6.07, 6.45) is 4.61. The monoisotopic (exact) mass is 292 g/mol. The van der Waals surface area contributed by atoms with Crippen molar-refractivity contribution in [3.63, 3.8) is 0 Å². The van der Waals surface area contributed by atoms with Crippen molar-refractivity contribution in [2.45, 2.75) is 38.6 Å². The summed E-state index contributed by atoms with van der Waals surface area (Å²) >= 11 is 12.7. The summed E-state index contributed by atoms with van der Waals surface area (Å²) in [5.74, 6) is 0.303. The van der Waals surface area contributed by atoms with Crippen molar-refractivity contribution in [3.8, 4) is 0 Å². The molecule has 1 aromatic rings. The van der Waals surface area contributed by atoms with Gasteiger partial charge in [0, 0.05) is 6.04 Å². The first-order valence-electron chi connectivity index (χ1n) is 5.71. The zero-order valence-electron chi connectivity index (χ0n) is 9.50. The number of amides is 1. The average Bonchev–Trinajstić information content (AvgIpc) is 2.63. The first kappa shape index (κ1) is 13.1. The molecule has 6 heteroatoms. The lowest BCUT2D eigenvalue weighted by Crippen LogP contribution is -2.41. The van der Waals surface area contributed by atoms with Gasteiger partial charge >= 0.3 is 0 Å². The summed E-state index contributed by atoms with van der Waals surface area (Å²) in [5.41, 5.74) is 0.249. The van der Waals surface area contributed by atoms with Gasteiger partial charge < -0.3 is 5.32 Å². The maximum absolute atomic E-state index is 12.0. The van der Waals surface area contributed by atoms with E-state index < -0.39 is 0 Å². The third kappa shape index (κ3) is 2.92. The summed E-state index contributed by atoms with van der Waals surface area (Å²) in [5, 5.41) is 3.26. The summed E-state index contributed by atoms with van der Waals surface area (Å²) < 4.78 is 4.34. The van der Waals surface area contributed by atoms with Gasteiger partial charge in [-0.1, -0.05) is 43.0 Å². The lowest BCUT2D eigenvalue weighted by molar-refractivity contribution is 0.0906. The molecule has 1 amide bonds. The molecule has 0 aromatic carbocycles. The normalized spacial score (nSPS) is 24.6. The molecule has 0 bridgehead atoms. The Bertz CT molecular complexity index is 422. The van der Waals surface area contributed by atoms with Crippen LogP contribution in [-0.2, 0) is 0 Å². The van der Waals surface area contributed by atoms with Crippen LogP contribution >= 0.6 is 34.7 Å². The van der Waals surface area contributed by atoms with E-state index in [1.807, 2.05) is 0 Å². The topological polar surface area (TPSA) is 42.0 Å². The molecule has 17 heavy (non-hydrogen) atoms. The molecule has 1 saturated carbocycles. The second kappa shape index (κ2) is 5.55. The maximum Gasteiger partial charge on any atom is 0.272 e. The fourth-order valence-corrected chi connectivity index (χ4v) is 3.16. The summed E-state index contributed by atoms with van der Waals surface area (Å²) in [6, 6.07) is 0.229. The predicted octanol–water partition coefficient (Wildman–Crippen LogP) is 3.76. The van der Waals surface area contributed by atoms with Gasteiger partial charge in [0.1, 0.15) is 9.36 Å². The van der Waals surface area contributed by atoms with Crippen molar-refractivity contribution >= 4 is 40.6 Å². The molecule has 2 unspecified atom stereocenters. The van der Waals surface area contributed by atoms with Crippen LogP contribution in [0.4, 0.5) is 0 Å². The number of nitrogens with one attached hydrogen (secondary N) is 1. The van der Waals surface area contributed by atoms with E-state index >= 15 is 0 Å². The van der Waals surface area contributed by atoms with Crippen LogP contribution < -0.4 is 5.32 Å². The van der Waals surface area contributed by atoms with Gasteiger partial charge in [-0.3, -0.25) is 4.79 Å². The van der Waals surface area contributed by atoms with E-state index in [1.54, 1.807) is 0 Å². The Hall–Kier alpha value is -0.320. The third-order valence-electron chi connectivity index (χ3n) is 3.24. The van der Waals surface area contributed by atoms with Crippen molar-refractivity contribution < 1.29 is 4.79 Å². The molecule has 2 atom stereocenters. The third-order valence-corrected chi connectivity index (χ3v) is 4.85. The molecule has 1 heterocycles. The number of carbonyl (C=O) groups is 1. The van der Waals surface area contributed by atoms with E-state index in [9.17, 15) is 4.79 Å². The molecule has 3 nitrogen and oxygen atoms in total. The highest BCUT2D eigenvalue weighted by molar-refractivity contribution is 7.11. The van der Waals surface area contributed by atoms with Gasteiger partial charge in [0.15, 0.2) is 5.69 Å². The highest BCUT2D eigenvalue weighted by atomic mass is 35.5. The predicted molar refractivity (Wildman–Crippen MR) is 71.0 cm³/mol. The van der Waals surface area contributed by atoms with Crippen LogP contribution in [-0.4, -0.2) is 16.3 Å². The molecule has 1 aromatic heterocycles. The molecule has 0 aliphatic heterocycles. The number of carbonyl (C=O) groups excluding carboxylic acids is 1. The van der Waals surface area contributed by atoms with Crippen LogP contribution in [0.2, 0.25) is 9.36 Å². The Kier molecular flexibility index (Phi) is 4.28. The lowest BCUT2D eigenvalue weighted by Gasteiger charge is -2.29. The SMILES string of the molecule is CC1CCCCC1NC(=O)c1nsc(Cl)c1Cl. The van der Waals surface area contributed by atoms with Gasteiger partial charge in [0.05, 0.1) is 0 Å². The molecule has 1 aliphatic rings. The number of hydrogen-bond donors (Lipinski definition) is 1. The molecule has 94 valence electrons. The van der Waals surface area contributed by atoms with Crippen molar-refractivity contribution in [1.29, 1.82) is 0 Å². The molecular formula is C11H14Cl2N2OS. The minimum absolute atomic E-state index is 0.211. The summed E-state index contributed by atoms with van der Waals surface area (Å²) in [4.78, 5) is 12.0. The first-order valence-corrected chi connectivity index (χ1v) is 7.24. The molecule has 0 radical (unpaired) electrons. The summed E-state index contributed by atoms with van der Waals surface area (Å²) in [6.45, 7) is 2.17. The van der Waals surface area contributed by atoms with Crippen LogP contribution in [0.25, 0.3) is 0 Å². The number of nitrogens with zero attached hydrogens (tertiary/aromatic N) is 1. The standard InChI is InChI=1S/C11H14Cl2N2OS/c1-6-4-2-3-5-7(6)14-11(16)9-8(12)10(13)17-15-9/h6-7H,2-5H2,1H3,(H,14,16). The zero-order valence-corrected chi connectivity index (χ0v) is 11.8. The molecular weight excluding hydrogens is 279 g/mol. The molecule has 1 fully saturated rings. The minimum atomic E-state index is -0.211. The van der Waals surface area contributed by atoms with Gasteiger partial charge in [-0.2, -0.15) is 4.37 Å². The van der Waals surface area contributed by atoms with E-state index in [4.69, 9.17) is 23.2 Å². The second-order valence-electron chi connectivity index (χ2n) is 4.46. The van der Waals surface area contributed by atoms with Crippen molar-refractivity contribution in [2.24, 2.45) is 5.92 Å². The quantitative estimate of drug-likeness (QED) is 0.902. The van der Waals surface area contributed by atoms with Gasteiger partial charge in [-0.05, 0) is 30.3 Å². The van der Waals surface area contributed by atoms with E-state index in [1.165, 1.54) is 12.8 Å². The molecule has 0 saturated heterocycles. The highest BCUT2D eigenvalue weighted by Gasteiger charge is 2.25. The largest absolute Gasteiger partial charge is 0.348 e. The van der Waals surface area contributed by atoms with Crippen molar-refractivity contribution in [1.82, 2.24) is 9.69 Å². The fraction of sp³-hybridized carbons (Fsp3) is 0.636. The Morgan fingerprint density at radius 2 is 2.12 bits per heavy atom. The van der Waals surface area contributed by atoms with E-state index in [0.29, 0.717) is 10.3 Å². The van der Waals surface area contributed by atoms with E-state index in [0.717, 1.165) is 24.4 Å². The van der Waals surface area contributed by atoms with Gasteiger partial charge in [-0.15, -0.1) is 0 Å². The molecule has 1 N–H and O–H groups in total. The molecule has 0 spiro atoms. The van der Waals surface area contributed by atoms with Crippen LogP contribution in [0, 0.1) is 5.92 Å². The van der Waals surface area contributed by atoms with Crippen LogP contribution in [0.3, 0.4) is 0 Å². The van der Waals surface area contributed by atoms with E-state index in [-0.39, 0.29) is 22.7 Å². The van der Waals surface area contributed by atoms with E-state index in [2.05, 4.69) is 16.6 Å². The number of halogens is 2. The zero-order chi connectivity index (χ0) is 12.4. The first-order chi connectivity index (χ1) is 8.09. The van der Waals surface area contributed by atoms with Crippen LogP contribution in [0.15, 0.2) is 0 Å². The number of rotatable bonds is 2. The maximum atomic E-state index is 12.0. The van der Waals surface area contributed by atoms with Gasteiger partial charge in [0.2, 0.25) is 0 Å². The Morgan fingerprint density at radius 3 is 2.71 bits per heavy atom. The van der Waals surface area contributed by atoms with Crippen molar-refractivity contribution in [2.75, 3.05) is 0 Å². The Morgan fingerprint density at radius 1 is 1.41 bits per heavy atom. The van der Waals surface area contributed by atoms with Gasteiger partial charge in [0.25, 0.3) is 5.91 Å². The minimum Gasteiger partial charge on any atom is -0.348 e. The Labute approximate surface area is 115 Å². The Balaban J connectivity index is 2.03. The molecule has 1 aliphatic carbocycles. The molecule has 2 rings (SSSR count).